The van der Waals surface area contributed by atoms with Crippen LogP contribution in [-0.2, 0) is 6.54 Å². The second-order valence-electron chi connectivity index (χ2n) is 5.82. The van der Waals surface area contributed by atoms with E-state index in [1.807, 2.05) is 43.3 Å². The summed E-state index contributed by atoms with van der Waals surface area (Å²) in [5.74, 6) is 0.597. The normalized spacial score (nSPS) is 10.3. The van der Waals surface area contributed by atoms with Crippen LogP contribution in [0, 0.1) is 6.92 Å². The van der Waals surface area contributed by atoms with Gasteiger partial charge in [0, 0.05) is 17.3 Å². The number of aromatic nitrogens is 2. The summed E-state index contributed by atoms with van der Waals surface area (Å²) in [6, 6.07) is 16.3. The Hall–Kier alpha value is -3.12. The molecule has 0 atom stereocenters. The zero-order chi connectivity index (χ0) is 19.2. The number of benzene rings is 2. The van der Waals surface area contributed by atoms with E-state index in [-0.39, 0.29) is 11.6 Å². The molecule has 3 aromatic rings. The molecule has 0 bridgehead atoms. The van der Waals surface area contributed by atoms with E-state index in [2.05, 4.69) is 20.6 Å². The second-order valence-corrected chi connectivity index (χ2v) is 6.22. The predicted molar refractivity (Wildman–Crippen MR) is 106 cm³/mol. The standard InChI is InChI=1S/C20H19ClN4O2/c1-13-11-17(19(26)24-16-9-5-6-10-18(16)27-2)25-20(23-13)22-12-14-7-3-4-8-15(14)21/h3-11H,12H2,1-2H3,(H,24,26)(H,22,23,25). The van der Waals surface area contributed by atoms with E-state index in [1.165, 1.54) is 0 Å². The molecule has 138 valence electrons. The Bertz CT molecular complexity index is 962. The Morgan fingerprint density at radius 2 is 1.85 bits per heavy atom. The number of halogens is 1. The molecule has 0 aliphatic heterocycles. The van der Waals surface area contributed by atoms with E-state index in [1.54, 1.807) is 25.3 Å². The maximum Gasteiger partial charge on any atom is 0.274 e. The lowest BCUT2D eigenvalue weighted by molar-refractivity contribution is 0.102. The molecule has 7 heteroatoms. The molecule has 1 aromatic heterocycles. The SMILES string of the molecule is COc1ccccc1NC(=O)c1cc(C)nc(NCc2ccccc2Cl)n1. The molecule has 0 spiro atoms. The molecule has 1 amide bonds. The Labute approximate surface area is 162 Å². The highest BCUT2D eigenvalue weighted by molar-refractivity contribution is 6.31. The third-order valence-corrected chi connectivity index (χ3v) is 4.21. The van der Waals surface area contributed by atoms with Crippen molar-refractivity contribution >= 4 is 29.1 Å². The lowest BCUT2D eigenvalue weighted by Gasteiger charge is -2.11. The molecule has 0 saturated heterocycles. The van der Waals surface area contributed by atoms with Gasteiger partial charge in [-0.1, -0.05) is 41.9 Å². The molecule has 2 aromatic carbocycles. The molecule has 2 N–H and O–H groups in total. The number of carbonyl (C=O) groups is 1. The van der Waals surface area contributed by atoms with Crippen LogP contribution in [-0.4, -0.2) is 23.0 Å². The van der Waals surface area contributed by atoms with Gasteiger partial charge in [-0.05, 0) is 36.8 Å². The van der Waals surface area contributed by atoms with Crippen LogP contribution < -0.4 is 15.4 Å². The Morgan fingerprint density at radius 3 is 2.63 bits per heavy atom. The average Bonchev–Trinajstić information content (AvgIpc) is 2.67. The van der Waals surface area contributed by atoms with Gasteiger partial charge >= 0.3 is 0 Å². The summed E-state index contributed by atoms with van der Waals surface area (Å²) in [5.41, 5.74) is 2.43. The summed E-state index contributed by atoms with van der Waals surface area (Å²) in [4.78, 5) is 21.3. The van der Waals surface area contributed by atoms with E-state index in [0.717, 1.165) is 5.56 Å². The topological polar surface area (TPSA) is 76.1 Å². The van der Waals surface area contributed by atoms with Crippen LogP contribution in [0.3, 0.4) is 0 Å². The lowest BCUT2D eigenvalue weighted by Crippen LogP contribution is -2.16. The van der Waals surface area contributed by atoms with Crippen LogP contribution in [0.25, 0.3) is 0 Å². The first-order valence-corrected chi connectivity index (χ1v) is 8.72. The van der Waals surface area contributed by atoms with Crippen molar-refractivity contribution in [3.8, 4) is 5.75 Å². The van der Waals surface area contributed by atoms with Crippen LogP contribution >= 0.6 is 11.6 Å². The van der Waals surface area contributed by atoms with E-state index in [0.29, 0.717) is 34.6 Å². The summed E-state index contributed by atoms with van der Waals surface area (Å²) in [6.07, 6.45) is 0. The number of methoxy groups -OCH3 is 1. The molecular weight excluding hydrogens is 364 g/mol. The monoisotopic (exact) mass is 382 g/mol. The number of carbonyl (C=O) groups excluding carboxylic acids is 1. The number of para-hydroxylation sites is 2. The molecular formula is C20H19ClN4O2. The molecule has 0 aliphatic carbocycles. The smallest absolute Gasteiger partial charge is 0.274 e. The van der Waals surface area contributed by atoms with Crippen LogP contribution in [0.15, 0.2) is 54.6 Å². The van der Waals surface area contributed by atoms with Crippen LogP contribution in [0.1, 0.15) is 21.7 Å². The number of hydrogen-bond acceptors (Lipinski definition) is 5. The quantitative estimate of drug-likeness (QED) is 0.664. The lowest BCUT2D eigenvalue weighted by atomic mass is 10.2. The highest BCUT2D eigenvalue weighted by atomic mass is 35.5. The van der Waals surface area contributed by atoms with Gasteiger partial charge in [0.25, 0.3) is 5.91 Å². The van der Waals surface area contributed by atoms with E-state index >= 15 is 0 Å². The van der Waals surface area contributed by atoms with Gasteiger partial charge in [0.05, 0.1) is 12.8 Å². The summed E-state index contributed by atoms with van der Waals surface area (Å²) >= 11 is 6.17. The van der Waals surface area contributed by atoms with Crippen LogP contribution in [0.2, 0.25) is 5.02 Å². The van der Waals surface area contributed by atoms with E-state index < -0.39 is 0 Å². The van der Waals surface area contributed by atoms with E-state index in [9.17, 15) is 4.79 Å². The van der Waals surface area contributed by atoms with Crippen molar-refractivity contribution in [2.75, 3.05) is 17.7 Å². The number of hydrogen-bond donors (Lipinski definition) is 2. The summed E-state index contributed by atoms with van der Waals surface area (Å²) in [6.45, 7) is 2.26. The first kappa shape index (κ1) is 18.7. The zero-order valence-electron chi connectivity index (χ0n) is 15.0. The van der Waals surface area contributed by atoms with Crippen molar-refractivity contribution in [2.24, 2.45) is 0 Å². The van der Waals surface area contributed by atoms with Crippen molar-refractivity contribution < 1.29 is 9.53 Å². The van der Waals surface area contributed by atoms with Crippen LogP contribution in [0.5, 0.6) is 5.75 Å². The van der Waals surface area contributed by atoms with Gasteiger partial charge in [0.15, 0.2) is 0 Å². The van der Waals surface area contributed by atoms with Gasteiger partial charge < -0.3 is 15.4 Å². The first-order valence-electron chi connectivity index (χ1n) is 8.34. The number of nitrogens with one attached hydrogen (secondary N) is 2. The molecule has 0 radical (unpaired) electrons. The molecule has 0 unspecified atom stereocenters. The molecule has 27 heavy (non-hydrogen) atoms. The predicted octanol–water partition coefficient (Wildman–Crippen LogP) is 4.31. The minimum Gasteiger partial charge on any atom is -0.495 e. The number of amides is 1. The van der Waals surface area contributed by atoms with Crippen molar-refractivity contribution in [3.63, 3.8) is 0 Å². The van der Waals surface area contributed by atoms with Crippen LogP contribution in [0.4, 0.5) is 11.6 Å². The van der Waals surface area contributed by atoms with Gasteiger partial charge in [-0.15, -0.1) is 0 Å². The van der Waals surface area contributed by atoms with Crippen molar-refractivity contribution in [3.05, 3.63) is 76.6 Å². The third kappa shape index (κ3) is 4.74. The maximum atomic E-state index is 12.6. The summed E-state index contributed by atoms with van der Waals surface area (Å²) < 4.78 is 5.26. The highest BCUT2D eigenvalue weighted by Crippen LogP contribution is 2.23. The third-order valence-electron chi connectivity index (χ3n) is 3.84. The largest absolute Gasteiger partial charge is 0.495 e. The van der Waals surface area contributed by atoms with Gasteiger partial charge in [0.1, 0.15) is 11.4 Å². The minimum atomic E-state index is -0.342. The second kappa shape index (κ2) is 8.51. The van der Waals surface area contributed by atoms with Gasteiger partial charge in [0.2, 0.25) is 5.95 Å². The number of anilines is 2. The summed E-state index contributed by atoms with van der Waals surface area (Å²) in [7, 11) is 1.55. The van der Waals surface area contributed by atoms with Gasteiger partial charge in [-0.25, -0.2) is 9.97 Å². The van der Waals surface area contributed by atoms with Crippen molar-refractivity contribution in [2.45, 2.75) is 13.5 Å². The zero-order valence-corrected chi connectivity index (χ0v) is 15.7. The van der Waals surface area contributed by atoms with Gasteiger partial charge in [-0.3, -0.25) is 4.79 Å². The Morgan fingerprint density at radius 1 is 1.11 bits per heavy atom. The van der Waals surface area contributed by atoms with Crippen molar-refractivity contribution in [1.29, 1.82) is 0 Å². The number of aryl methyl sites for hydroxylation is 1. The summed E-state index contributed by atoms with van der Waals surface area (Å²) in [5, 5.41) is 6.58. The number of nitrogens with zero attached hydrogens (tertiary/aromatic N) is 2. The minimum absolute atomic E-state index is 0.259. The molecule has 6 nitrogen and oxygen atoms in total. The molecule has 3 rings (SSSR count). The molecule has 1 heterocycles. The van der Waals surface area contributed by atoms with Crippen molar-refractivity contribution in [1.82, 2.24) is 9.97 Å². The maximum absolute atomic E-state index is 12.6. The number of ether oxygens (including phenoxy) is 1. The van der Waals surface area contributed by atoms with E-state index in [4.69, 9.17) is 16.3 Å². The molecule has 0 saturated carbocycles. The molecule has 0 fully saturated rings. The fourth-order valence-electron chi connectivity index (χ4n) is 2.51. The average molecular weight is 383 g/mol. The van der Waals surface area contributed by atoms with Gasteiger partial charge in [-0.2, -0.15) is 0 Å². The molecule has 0 aliphatic rings. The Kier molecular flexibility index (Phi) is 5.88. The Balaban J connectivity index is 1.76. The first-order chi connectivity index (χ1) is 13.1. The highest BCUT2D eigenvalue weighted by Gasteiger charge is 2.13. The number of rotatable bonds is 6. The fourth-order valence-corrected chi connectivity index (χ4v) is 2.72. The fraction of sp³-hybridized carbons (Fsp3) is 0.150.